The van der Waals surface area contributed by atoms with Crippen LogP contribution in [0.3, 0.4) is 0 Å². The molecule has 2 rings (SSSR count). The predicted octanol–water partition coefficient (Wildman–Crippen LogP) is 1.37. The highest BCUT2D eigenvalue weighted by Crippen LogP contribution is 2.32. The lowest BCUT2D eigenvalue weighted by atomic mass is 10.1. The van der Waals surface area contributed by atoms with Crippen molar-refractivity contribution >= 4 is 5.84 Å². The van der Waals surface area contributed by atoms with Crippen LogP contribution in [0.1, 0.15) is 36.1 Å². The molecule has 3 N–H and O–H groups in total. The monoisotopic (exact) mass is 250 g/mol. The van der Waals surface area contributed by atoms with Crippen LogP contribution in [0.15, 0.2) is 5.16 Å². The van der Waals surface area contributed by atoms with Gasteiger partial charge in [0.25, 0.3) is 0 Å². The molecule has 98 valence electrons. The number of aromatic nitrogens is 2. The summed E-state index contributed by atoms with van der Waals surface area (Å²) in [5.41, 5.74) is 7.75. The highest BCUT2D eigenvalue weighted by atomic mass is 16.5. The van der Waals surface area contributed by atoms with Gasteiger partial charge in [0.05, 0.1) is 17.9 Å². The maximum atomic E-state index is 8.81. The minimum absolute atomic E-state index is 0.00641. The Morgan fingerprint density at radius 3 is 2.78 bits per heavy atom. The smallest absolute Gasteiger partial charge is 0.244 e. The molecular weight excluding hydrogens is 232 g/mol. The van der Waals surface area contributed by atoms with Gasteiger partial charge in [0.2, 0.25) is 5.88 Å². The van der Waals surface area contributed by atoms with E-state index in [1.54, 1.807) is 0 Å². The van der Waals surface area contributed by atoms with Gasteiger partial charge in [-0.2, -0.15) is 5.10 Å². The quantitative estimate of drug-likeness (QED) is 0.356. The van der Waals surface area contributed by atoms with Gasteiger partial charge in [-0.1, -0.05) is 18.0 Å². The predicted molar refractivity (Wildman–Crippen MR) is 66.9 cm³/mol. The molecule has 1 heterocycles. The number of rotatable bonds is 5. The minimum Gasteiger partial charge on any atom is -0.476 e. The van der Waals surface area contributed by atoms with Gasteiger partial charge in [-0.15, -0.1) is 5.10 Å². The van der Waals surface area contributed by atoms with E-state index in [9.17, 15) is 0 Å². The van der Waals surface area contributed by atoms with E-state index in [-0.39, 0.29) is 5.84 Å². The number of hydrogen-bond acceptors (Lipinski definition) is 5. The molecule has 18 heavy (non-hydrogen) atoms. The summed E-state index contributed by atoms with van der Waals surface area (Å²) in [6.45, 7) is 4.27. The molecule has 1 aromatic rings. The maximum absolute atomic E-state index is 8.81. The van der Waals surface area contributed by atoms with E-state index < -0.39 is 0 Å². The largest absolute Gasteiger partial charge is 0.476 e. The molecule has 0 bridgehead atoms. The highest BCUT2D eigenvalue weighted by molar-refractivity contribution is 6.00. The minimum atomic E-state index is 0.00641. The van der Waals surface area contributed by atoms with Crippen LogP contribution >= 0.6 is 0 Å². The second-order valence-corrected chi connectivity index (χ2v) is 4.66. The lowest BCUT2D eigenvalue weighted by molar-refractivity contribution is 0.285. The van der Waals surface area contributed by atoms with Crippen molar-refractivity contribution in [2.75, 3.05) is 6.61 Å². The van der Waals surface area contributed by atoms with E-state index in [1.165, 1.54) is 12.8 Å². The van der Waals surface area contributed by atoms with Crippen LogP contribution in [0, 0.1) is 19.8 Å². The Balaban J connectivity index is 2.18. The van der Waals surface area contributed by atoms with Gasteiger partial charge >= 0.3 is 0 Å². The molecule has 0 aromatic carbocycles. The van der Waals surface area contributed by atoms with Crippen LogP contribution in [0.25, 0.3) is 0 Å². The number of ether oxygens (including phenoxy) is 1. The zero-order valence-corrected chi connectivity index (χ0v) is 10.7. The molecule has 1 aliphatic rings. The van der Waals surface area contributed by atoms with Crippen molar-refractivity contribution < 1.29 is 9.94 Å². The van der Waals surface area contributed by atoms with Crippen molar-refractivity contribution in [3.63, 3.8) is 0 Å². The van der Waals surface area contributed by atoms with Crippen LogP contribution in [0.4, 0.5) is 0 Å². The van der Waals surface area contributed by atoms with Gasteiger partial charge in [0, 0.05) is 0 Å². The Morgan fingerprint density at radius 1 is 1.44 bits per heavy atom. The molecule has 0 radical (unpaired) electrons. The van der Waals surface area contributed by atoms with E-state index >= 15 is 0 Å². The fraction of sp³-hybridized carbons (Fsp3) is 0.583. The zero-order chi connectivity index (χ0) is 13.1. The second kappa shape index (κ2) is 5.20. The van der Waals surface area contributed by atoms with Crippen molar-refractivity contribution in [2.24, 2.45) is 16.8 Å². The molecule has 6 heteroatoms. The van der Waals surface area contributed by atoms with Gasteiger partial charge in [-0.3, -0.25) is 0 Å². The van der Waals surface area contributed by atoms with Gasteiger partial charge in [0.1, 0.15) is 0 Å². The SMILES string of the molecule is Cc1nnc(OCCC2CC2)c(C(N)=NO)c1C. The first-order valence-electron chi connectivity index (χ1n) is 6.08. The van der Waals surface area contributed by atoms with Gasteiger partial charge < -0.3 is 15.7 Å². The Hall–Kier alpha value is -1.85. The van der Waals surface area contributed by atoms with Crippen LogP contribution in [0.2, 0.25) is 0 Å². The highest BCUT2D eigenvalue weighted by Gasteiger charge is 2.22. The molecule has 1 saturated carbocycles. The molecule has 0 spiro atoms. The normalized spacial score (nSPS) is 15.8. The van der Waals surface area contributed by atoms with E-state index in [4.69, 9.17) is 15.7 Å². The zero-order valence-electron chi connectivity index (χ0n) is 10.7. The number of aryl methyl sites for hydroxylation is 1. The number of hydrogen-bond donors (Lipinski definition) is 2. The van der Waals surface area contributed by atoms with Crippen LogP contribution in [-0.2, 0) is 0 Å². The average Bonchev–Trinajstić information content (AvgIpc) is 3.17. The Kier molecular flexibility index (Phi) is 3.64. The number of oxime groups is 1. The Labute approximate surface area is 106 Å². The summed E-state index contributed by atoms with van der Waals surface area (Å²) < 4.78 is 5.60. The fourth-order valence-electron chi connectivity index (χ4n) is 1.77. The third kappa shape index (κ3) is 2.69. The molecule has 6 nitrogen and oxygen atoms in total. The summed E-state index contributed by atoms with van der Waals surface area (Å²) >= 11 is 0. The first kappa shape index (κ1) is 12.6. The van der Waals surface area contributed by atoms with Gasteiger partial charge in [-0.05, 0) is 31.7 Å². The van der Waals surface area contributed by atoms with Gasteiger partial charge in [-0.25, -0.2) is 0 Å². The molecule has 0 atom stereocenters. The molecule has 1 fully saturated rings. The fourth-order valence-corrected chi connectivity index (χ4v) is 1.77. The Bertz CT molecular complexity index is 469. The number of nitrogens with two attached hydrogens (primary N) is 1. The summed E-state index contributed by atoms with van der Waals surface area (Å²) in [5, 5.41) is 19.8. The van der Waals surface area contributed by atoms with Crippen molar-refractivity contribution in [2.45, 2.75) is 33.1 Å². The number of amidine groups is 1. The van der Waals surface area contributed by atoms with Crippen molar-refractivity contribution in [3.8, 4) is 5.88 Å². The van der Waals surface area contributed by atoms with E-state index in [0.717, 1.165) is 23.6 Å². The molecular formula is C12H18N4O2. The lowest BCUT2D eigenvalue weighted by Gasteiger charge is -2.12. The topological polar surface area (TPSA) is 93.6 Å². The third-order valence-corrected chi connectivity index (χ3v) is 3.25. The molecule has 1 aromatic heterocycles. The standard InChI is InChI=1S/C12H18N4O2/c1-7-8(2)14-15-12(10(7)11(13)16-17)18-6-5-9-3-4-9/h9,17H,3-6H2,1-2H3,(H2,13,16). The van der Waals surface area contributed by atoms with E-state index in [1.807, 2.05) is 13.8 Å². The van der Waals surface area contributed by atoms with Crippen molar-refractivity contribution in [1.82, 2.24) is 10.2 Å². The third-order valence-electron chi connectivity index (χ3n) is 3.25. The van der Waals surface area contributed by atoms with Crippen LogP contribution in [-0.4, -0.2) is 27.8 Å². The maximum Gasteiger partial charge on any atom is 0.244 e. The van der Waals surface area contributed by atoms with Crippen LogP contribution < -0.4 is 10.5 Å². The molecule has 1 aliphatic carbocycles. The molecule has 0 amide bonds. The van der Waals surface area contributed by atoms with E-state index in [2.05, 4.69) is 15.4 Å². The summed E-state index contributed by atoms with van der Waals surface area (Å²) in [7, 11) is 0. The van der Waals surface area contributed by atoms with Crippen molar-refractivity contribution in [3.05, 3.63) is 16.8 Å². The van der Waals surface area contributed by atoms with Crippen LogP contribution in [0.5, 0.6) is 5.88 Å². The summed E-state index contributed by atoms with van der Waals surface area (Å²) in [5.74, 6) is 1.14. The molecule has 0 saturated heterocycles. The second-order valence-electron chi connectivity index (χ2n) is 4.66. The van der Waals surface area contributed by atoms with Gasteiger partial charge in [0.15, 0.2) is 5.84 Å². The molecule has 0 unspecified atom stereocenters. The first-order chi connectivity index (χ1) is 8.63. The molecule has 0 aliphatic heterocycles. The summed E-state index contributed by atoms with van der Waals surface area (Å²) in [4.78, 5) is 0. The summed E-state index contributed by atoms with van der Waals surface area (Å²) in [6.07, 6.45) is 3.59. The summed E-state index contributed by atoms with van der Waals surface area (Å²) in [6, 6.07) is 0. The lowest BCUT2D eigenvalue weighted by Crippen LogP contribution is -2.19. The average molecular weight is 250 g/mol. The van der Waals surface area contributed by atoms with Crippen molar-refractivity contribution in [1.29, 1.82) is 0 Å². The van der Waals surface area contributed by atoms with E-state index in [0.29, 0.717) is 18.1 Å². The number of nitrogens with zero attached hydrogens (tertiary/aromatic N) is 3. The first-order valence-corrected chi connectivity index (χ1v) is 6.08. The Morgan fingerprint density at radius 2 is 2.17 bits per heavy atom.